The summed E-state index contributed by atoms with van der Waals surface area (Å²) in [4.78, 5) is 36.0. The monoisotopic (exact) mass is 392 g/mol. The number of carbonyl (C=O) groups excluding carboxylic acids is 3. The molecule has 0 saturated heterocycles. The van der Waals surface area contributed by atoms with Gasteiger partial charge in [0.15, 0.2) is 18.1 Å². The summed E-state index contributed by atoms with van der Waals surface area (Å²) in [5.74, 6) is -0.318. The van der Waals surface area contributed by atoms with Crippen LogP contribution in [0.15, 0.2) is 12.1 Å². The molecular weight excluding hydrogens is 368 g/mol. The molecule has 1 saturated carbocycles. The highest BCUT2D eigenvalue weighted by molar-refractivity contribution is 5.97. The first-order chi connectivity index (χ1) is 13.6. The van der Waals surface area contributed by atoms with Gasteiger partial charge in [-0.1, -0.05) is 19.3 Å². The minimum absolute atomic E-state index is 0.0780. The van der Waals surface area contributed by atoms with Crippen LogP contribution in [0.5, 0.6) is 17.2 Å². The quantitative estimate of drug-likeness (QED) is 0.735. The molecular formula is C19H24N2O7. The van der Waals surface area contributed by atoms with Gasteiger partial charge in [0.1, 0.15) is 13.2 Å². The fraction of sp³-hybridized carbons (Fsp3) is 0.526. The lowest BCUT2D eigenvalue weighted by Gasteiger charge is -2.22. The van der Waals surface area contributed by atoms with Gasteiger partial charge in [-0.2, -0.15) is 0 Å². The molecule has 3 amide bonds. The number of fused-ring (bicyclic) bond motifs is 1. The number of rotatable bonds is 5. The van der Waals surface area contributed by atoms with Crippen LogP contribution in [0.25, 0.3) is 0 Å². The molecule has 1 aliphatic heterocycles. The maximum Gasteiger partial charge on any atom is 0.338 e. The van der Waals surface area contributed by atoms with Gasteiger partial charge in [0, 0.05) is 6.04 Å². The van der Waals surface area contributed by atoms with E-state index in [-0.39, 0.29) is 11.6 Å². The van der Waals surface area contributed by atoms with Crippen molar-refractivity contribution in [2.24, 2.45) is 0 Å². The maximum atomic E-state index is 12.3. The predicted octanol–water partition coefficient (Wildman–Crippen LogP) is 1.78. The number of esters is 1. The van der Waals surface area contributed by atoms with Crippen molar-refractivity contribution in [2.75, 3.05) is 26.9 Å². The minimum atomic E-state index is -0.738. The van der Waals surface area contributed by atoms with E-state index in [0.717, 1.165) is 25.7 Å². The molecule has 1 fully saturated rings. The lowest BCUT2D eigenvalue weighted by Crippen LogP contribution is -2.46. The maximum absolute atomic E-state index is 12.3. The minimum Gasteiger partial charge on any atom is -0.493 e. The summed E-state index contributed by atoms with van der Waals surface area (Å²) in [6, 6.07) is 2.42. The third kappa shape index (κ3) is 5.05. The number of nitrogens with one attached hydrogen (secondary N) is 2. The fourth-order valence-corrected chi connectivity index (χ4v) is 3.24. The largest absolute Gasteiger partial charge is 0.493 e. The van der Waals surface area contributed by atoms with Gasteiger partial charge in [0.2, 0.25) is 5.75 Å². The van der Waals surface area contributed by atoms with E-state index >= 15 is 0 Å². The van der Waals surface area contributed by atoms with Gasteiger partial charge in [0.25, 0.3) is 5.91 Å². The Kier molecular flexibility index (Phi) is 6.57. The second kappa shape index (κ2) is 9.29. The van der Waals surface area contributed by atoms with Crippen LogP contribution in [0.2, 0.25) is 0 Å². The fourth-order valence-electron chi connectivity index (χ4n) is 3.24. The molecule has 152 valence electrons. The number of imide groups is 1. The summed E-state index contributed by atoms with van der Waals surface area (Å²) >= 11 is 0. The number of hydrogen-bond donors (Lipinski definition) is 2. The summed E-state index contributed by atoms with van der Waals surface area (Å²) in [7, 11) is 1.45. The number of carbonyl (C=O) groups is 3. The van der Waals surface area contributed by atoms with Crippen molar-refractivity contribution in [3.8, 4) is 17.2 Å². The standard InChI is InChI=1S/C19H24N2O7/c1-25-14-9-12(10-15-17(14)27-8-7-26-15)18(23)28-11-16(22)21-19(24)20-13-5-3-2-4-6-13/h9-10,13H,2-8,11H2,1H3,(H2,20,21,22,24). The molecule has 28 heavy (non-hydrogen) atoms. The van der Waals surface area contributed by atoms with E-state index < -0.39 is 24.5 Å². The molecule has 1 heterocycles. The van der Waals surface area contributed by atoms with Crippen LogP contribution in [0, 0.1) is 0 Å². The first-order valence-corrected chi connectivity index (χ1v) is 9.32. The second-order valence-corrected chi connectivity index (χ2v) is 6.64. The van der Waals surface area contributed by atoms with Crippen molar-refractivity contribution in [3.05, 3.63) is 17.7 Å². The van der Waals surface area contributed by atoms with Crippen molar-refractivity contribution in [1.29, 1.82) is 0 Å². The van der Waals surface area contributed by atoms with Crippen LogP contribution in [-0.2, 0) is 9.53 Å². The second-order valence-electron chi connectivity index (χ2n) is 6.64. The summed E-state index contributed by atoms with van der Waals surface area (Å²) in [5, 5.41) is 4.93. The van der Waals surface area contributed by atoms with E-state index in [2.05, 4.69) is 10.6 Å². The number of hydrogen-bond acceptors (Lipinski definition) is 7. The molecule has 1 aromatic rings. The van der Waals surface area contributed by atoms with Gasteiger partial charge >= 0.3 is 12.0 Å². The molecule has 1 aromatic carbocycles. The molecule has 9 heteroatoms. The molecule has 0 spiro atoms. The van der Waals surface area contributed by atoms with Gasteiger partial charge in [-0.15, -0.1) is 0 Å². The topological polar surface area (TPSA) is 112 Å². The Morgan fingerprint density at radius 2 is 1.86 bits per heavy atom. The number of amides is 3. The Balaban J connectivity index is 1.50. The summed E-state index contributed by atoms with van der Waals surface area (Å²) in [6.07, 6.45) is 5.11. The molecule has 3 rings (SSSR count). The van der Waals surface area contributed by atoms with Crippen LogP contribution >= 0.6 is 0 Å². The molecule has 1 aliphatic carbocycles. The van der Waals surface area contributed by atoms with Gasteiger partial charge in [-0.05, 0) is 25.0 Å². The van der Waals surface area contributed by atoms with Gasteiger partial charge < -0.3 is 24.3 Å². The van der Waals surface area contributed by atoms with Crippen molar-refractivity contribution < 1.29 is 33.3 Å². The Morgan fingerprint density at radius 3 is 2.61 bits per heavy atom. The van der Waals surface area contributed by atoms with Gasteiger partial charge in [-0.25, -0.2) is 9.59 Å². The van der Waals surface area contributed by atoms with E-state index in [4.69, 9.17) is 18.9 Å². The average molecular weight is 392 g/mol. The van der Waals surface area contributed by atoms with Crippen LogP contribution in [0.3, 0.4) is 0 Å². The van der Waals surface area contributed by atoms with E-state index in [1.165, 1.54) is 25.7 Å². The zero-order valence-electron chi connectivity index (χ0n) is 15.7. The normalized spacial score (nSPS) is 16.0. The van der Waals surface area contributed by atoms with Crippen molar-refractivity contribution >= 4 is 17.9 Å². The number of urea groups is 1. The predicted molar refractivity (Wildman–Crippen MR) is 97.8 cm³/mol. The van der Waals surface area contributed by atoms with E-state index in [1.54, 1.807) is 0 Å². The summed E-state index contributed by atoms with van der Waals surface area (Å²) < 4.78 is 21.1. The molecule has 2 N–H and O–H groups in total. The van der Waals surface area contributed by atoms with E-state index in [1.807, 2.05) is 0 Å². The highest BCUT2D eigenvalue weighted by Gasteiger charge is 2.22. The van der Waals surface area contributed by atoms with Gasteiger partial charge in [-0.3, -0.25) is 10.1 Å². The molecule has 0 unspecified atom stereocenters. The van der Waals surface area contributed by atoms with Crippen molar-refractivity contribution in [1.82, 2.24) is 10.6 Å². The first kappa shape index (κ1) is 19.8. The SMILES string of the molecule is COc1cc(C(=O)OCC(=O)NC(=O)NC2CCCCC2)cc2c1OCCO2. The van der Waals surface area contributed by atoms with Crippen LogP contribution in [0.4, 0.5) is 4.79 Å². The van der Waals surface area contributed by atoms with E-state index in [9.17, 15) is 14.4 Å². The lowest BCUT2D eigenvalue weighted by molar-refractivity contribution is -0.123. The molecule has 0 aromatic heterocycles. The third-order valence-electron chi connectivity index (χ3n) is 4.59. The summed E-state index contributed by atoms with van der Waals surface area (Å²) in [5.41, 5.74) is 0.153. The lowest BCUT2D eigenvalue weighted by atomic mass is 9.96. The Labute approximate surface area is 162 Å². The smallest absolute Gasteiger partial charge is 0.338 e. The van der Waals surface area contributed by atoms with Crippen molar-refractivity contribution in [3.63, 3.8) is 0 Å². The van der Waals surface area contributed by atoms with Crippen LogP contribution in [-0.4, -0.2) is 50.9 Å². The number of methoxy groups -OCH3 is 1. The Morgan fingerprint density at radius 1 is 1.11 bits per heavy atom. The third-order valence-corrected chi connectivity index (χ3v) is 4.59. The number of benzene rings is 1. The highest BCUT2D eigenvalue weighted by Crippen LogP contribution is 2.40. The molecule has 9 nitrogen and oxygen atoms in total. The Hall–Kier alpha value is -2.97. The zero-order chi connectivity index (χ0) is 19.9. The average Bonchev–Trinajstić information content (AvgIpc) is 2.71. The van der Waals surface area contributed by atoms with Gasteiger partial charge in [0.05, 0.1) is 12.7 Å². The van der Waals surface area contributed by atoms with Crippen LogP contribution in [0.1, 0.15) is 42.5 Å². The highest BCUT2D eigenvalue weighted by atomic mass is 16.6. The zero-order valence-corrected chi connectivity index (χ0v) is 15.7. The molecule has 0 radical (unpaired) electrons. The Bertz CT molecular complexity index is 727. The van der Waals surface area contributed by atoms with E-state index in [0.29, 0.717) is 30.5 Å². The summed E-state index contributed by atoms with van der Waals surface area (Å²) in [6.45, 7) is 0.164. The molecule has 2 aliphatic rings. The molecule has 0 atom stereocenters. The molecule has 0 bridgehead atoms. The van der Waals surface area contributed by atoms with Crippen molar-refractivity contribution in [2.45, 2.75) is 38.1 Å². The first-order valence-electron chi connectivity index (χ1n) is 9.32. The van der Waals surface area contributed by atoms with Crippen LogP contribution < -0.4 is 24.8 Å². The number of ether oxygens (including phenoxy) is 4.